The molecule has 0 bridgehead atoms. The second-order valence-electron chi connectivity index (χ2n) is 6.92. The zero-order valence-corrected chi connectivity index (χ0v) is 15.8. The summed E-state index contributed by atoms with van der Waals surface area (Å²) in [5.41, 5.74) is 3.27. The highest BCUT2D eigenvalue weighted by Crippen LogP contribution is 2.20. The molecular formula is C23H25N3O. The number of hydrogen-bond donors (Lipinski definition) is 1. The maximum atomic E-state index is 13.3. The maximum Gasteiger partial charge on any atom is 0.277 e. The first kappa shape index (κ1) is 18.6. The highest BCUT2D eigenvalue weighted by Gasteiger charge is 2.19. The lowest BCUT2D eigenvalue weighted by Crippen LogP contribution is -2.31. The van der Waals surface area contributed by atoms with E-state index in [-0.39, 0.29) is 5.91 Å². The van der Waals surface area contributed by atoms with Gasteiger partial charge in [-0.1, -0.05) is 62.4 Å². The fourth-order valence-electron chi connectivity index (χ4n) is 2.77. The quantitative estimate of drug-likeness (QED) is 0.646. The average molecular weight is 359 g/mol. The van der Waals surface area contributed by atoms with Crippen molar-refractivity contribution in [1.82, 2.24) is 4.98 Å². The number of hydrogen-bond acceptors (Lipinski definition) is 3. The molecule has 138 valence electrons. The Morgan fingerprint density at radius 2 is 1.67 bits per heavy atom. The maximum absolute atomic E-state index is 13.3. The highest BCUT2D eigenvalue weighted by atomic mass is 16.2. The van der Waals surface area contributed by atoms with Crippen molar-refractivity contribution in [2.45, 2.75) is 20.4 Å². The van der Waals surface area contributed by atoms with E-state index in [1.807, 2.05) is 72.8 Å². The van der Waals surface area contributed by atoms with Crippen molar-refractivity contribution < 1.29 is 4.79 Å². The lowest BCUT2D eigenvalue weighted by molar-refractivity contribution is 0.0980. The molecule has 4 nitrogen and oxygen atoms in total. The van der Waals surface area contributed by atoms with E-state index in [9.17, 15) is 4.79 Å². The lowest BCUT2D eigenvalue weighted by Gasteiger charge is -2.23. The van der Waals surface area contributed by atoms with Crippen LogP contribution in [0.1, 0.15) is 29.9 Å². The first-order chi connectivity index (χ1) is 13.1. The van der Waals surface area contributed by atoms with Gasteiger partial charge in [-0.05, 0) is 35.7 Å². The molecule has 1 amide bonds. The number of amides is 1. The smallest absolute Gasteiger partial charge is 0.277 e. The molecule has 2 aromatic carbocycles. The van der Waals surface area contributed by atoms with Gasteiger partial charge in [-0.15, -0.1) is 0 Å². The number of carbonyl (C=O) groups excluding carboxylic acids is 1. The Morgan fingerprint density at radius 3 is 2.33 bits per heavy atom. The number of anilines is 2. The molecule has 0 saturated heterocycles. The number of benzene rings is 2. The van der Waals surface area contributed by atoms with Crippen molar-refractivity contribution in [2.24, 2.45) is 5.92 Å². The standard InChI is InChI=1S/C23H25N3O/c1-18(2)16-25-20-13-14-24-22(15-20)23(27)26(21-11-7-4-8-12-21)17-19-9-5-3-6-10-19/h3-15,18H,16-17H2,1-2H3,(H,24,25). The summed E-state index contributed by atoms with van der Waals surface area (Å²) in [6.07, 6.45) is 1.68. The molecule has 1 heterocycles. The molecule has 3 aromatic rings. The van der Waals surface area contributed by atoms with Gasteiger partial charge in [0.2, 0.25) is 0 Å². The molecule has 0 atom stereocenters. The Balaban J connectivity index is 1.88. The Bertz CT molecular complexity index is 863. The van der Waals surface area contributed by atoms with Crippen LogP contribution in [-0.2, 0) is 6.54 Å². The topological polar surface area (TPSA) is 45.2 Å². The molecule has 27 heavy (non-hydrogen) atoms. The van der Waals surface area contributed by atoms with Gasteiger partial charge < -0.3 is 10.2 Å². The normalized spacial score (nSPS) is 10.6. The molecule has 3 rings (SSSR count). The molecule has 0 aliphatic carbocycles. The Morgan fingerprint density at radius 1 is 1.00 bits per heavy atom. The second kappa shape index (κ2) is 8.99. The van der Waals surface area contributed by atoms with E-state index in [0.29, 0.717) is 18.2 Å². The van der Waals surface area contributed by atoms with Gasteiger partial charge in [-0.3, -0.25) is 9.78 Å². The zero-order chi connectivity index (χ0) is 19.1. The van der Waals surface area contributed by atoms with Crippen LogP contribution in [0.3, 0.4) is 0 Å². The van der Waals surface area contributed by atoms with Crippen LogP contribution in [-0.4, -0.2) is 17.4 Å². The van der Waals surface area contributed by atoms with E-state index in [1.165, 1.54) is 0 Å². The molecule has 0 spiro atoms. The Kier molecular flexibility index (Phi) is 6.21. The number of para-hydroxylation sites is 1. The van der Waals surface area contributed by atoms with Crippen molar-refractivity contribution >= 4 is 17.3 Å². The van der Waals surface area contributed by atoms with Gasteiger partial charge in [-0.25, -0.2) is 0 Å². The van der Waals surface area contributed by atoms with Crippen LogP contribution in [0.15, 0.2) is 79.0 Å². The first-order valence-electron chi connectivity index (χ1n) is 9.24. The molecule has 1 aromatic heterocycles. The minimum absolute atomic E-state index is 0.113. The predicted molar refractivity (Wildman–Crippen MR) is 111 cm³/mol. The summed E-state index contributed by atoms with van der Waals surface area (Å²) >= 11 is 0. The second-order valence-corrected chi connectivity index (χ2v) is 6.92. The lowest BCUT2D eigenvalue weighted by atomic mass is 10.1. The van der Waals surface area contributed by atoms with Crippen molar-refractivity contribution in [3.05, 3.63) is 90.3 Å². The number of carbonyl (C=O) groups is 1. The van der Waals surface area contributed by atoms with Crippen molar-refractivity contribution in [3.8, 4) is 0 Å². The minimum Gasteiger partial charge on any atom is -0.385 e. The van der Waals surface area contributed by atoms with Crippen molar-refractivity contribution in [3.63, 3.8) is 0 Å². The minimum atomic E-state index is -0.113. The van der Waals surface area contributed by atoms with Crippen LogP contribution in [0.25, 0.3) is 0 Å². The summed E-state index contributed by atoms with van der Waals surface area (Å²) in [5, 5.41) is 3.36. The van der Waals surface area contributed by atoms with E-state index in [2.05, 4.69) is 24.1 Å². The third-order valence-electron chi connectivity index (χ3n) is 4.19. The summed E-state index contributed by atoms with van der Waals surface area (Å²) in [4.78, 5) is 19.4. The van der Waals surface area contributed by atoms with Crippen LogP contribution in [0.5, 0.6) is 0 Å². The molecule has 0 fully saturated rings. The summed E-state index contributed by atoms with van der Waals surface area (Å²) in [6, 6.07) is 23.4. The molecular weight excluding hydrogens is 334 g/mol. The summed E-state index contributed by atoms with van der Waals surface area (Å²) in [6.45, 7) is 5.65. The monoisotopic (exact) mass is 359 g/mol. The third kappa shape index (κ3) is 5.17. The van der Waals surface area contributed by atoms with Crippen molar-refractivity contribution in [1.29, 1.82) is 0 Å². The molecule has 0 aliphatic heterocycles. The molecule has 0 saturated carbocycles. The SMILES string of the molecule is CC(C)CNc1ccnc(C(=O)N(Cc2ccccc2)c2ccccc2)c1. The van der Waals surface area contributed by atoms with E-state index < -0.39 is 0 Å². The van der Waals surface area contributed by atoms with Gasteiger partial charge in [0.25, 0.3) is 5.91 Å². The molecule has 0 unspecified atom stereocenters. The number of aromatic nitrogens is 1. The number of nitrogens with one attached hydrogen (secondary N) is 1. The summed E-state index contributed by atoms with van der Waals surface area (Å²) in [5.74, 6) is 0.412. The van der Waals surface area contributed by atoms with Crippen LogP contribution >= 0.6 is 0 Å². The summed E-state index contributed by atoms with van der Waals surface area (Å²) < 4.78 is 0. The third-order valence-corrected chi connectivity index (χ3v) is 4.19. The van der Waals surface area contributed by atoms with Gasteiger partial charge in [0, 0.05) is 24.1 Å². The van der Waals surface area contributed by atoms with Gasteiger partial charge in [0.1, 0.15) is 5.69 Å². The van der Waals surface area contributed by atoms with Gasteiger partial charge >= 0.3 is 0 Å². The number of nitrogens with zero attached hydrogens (tertiary/aromatic N) is 2. The predicted octanol–water partition coefficient (Wildman–Crippen LogP) is 5.00. The van der Waals surface area contributed by atoms with Gasteiger partial charge in [-0.2, -0.15) is 0 Å². The van der Waals surface area contributed by atoms with Crippen LogP contribution in [0, 0.1) is 5.92 Å². The molecule has 4 heteroatoms. The summed E-state index contributed by atoms with van der Waals surface area (Å²) in [7, 11) is 0. The average Bonchev–Trinajstić information content (AvgIpc) is 2.71. The number of rotatable bonds is 7. The van der Waals surface area contributed by atoms with E-state index >= 15 is 0 Å². The Hall–Kier alpha value is -3.14. The van der Waals surface area contributed by atoms with Crippen molar-refractivity contribution in [2.75, 3.05) is 16.8 Å². The fourth-order valence-corrected chi connectivity index (χ4v) is 2.77. The van der Waals surface area contributed by atoms with E-state index in [0.717, 1.165) is 23.5 Å². The molecule has 0 radical (unpaired) electrons. The zero-order valence-electron chi connectivity index (χ0n) is 15.8. The van der Waals surface area contributed by atoms with Gasteiger partial charge in [0.05, 0.1) is 6.54 Å². The largest absolute Gasteiger partial charge is 0.385 e. The van der Waals surface area contributed by atoms with E-state index in [4.69, 9.17) is 0 Å². The van der Waals surface area contributed by atoms with E-state index in [1.54, 1.807) is 11.1 Å². The van der Waals surface area contributed by atoms with Crippen LogP contribution in [0.4, 0.5) is 11.4 Å². The highest BCUT2D eigenvalue weighted by molar-refractivity contribution is 6.05. The molecule has 1 N–H and O–H groups in total. The first-order valence-corrected chi connectivity index (χ1v) is 9.24. The number of pyridine rings is 1. The van der Waals surface area contributed by atoms with Crippen LogP contribution < -0.4 is 10.2 Å². The molecule has 0 aliphatic rings. The fraction of sp³-hybridized carbons (Fsp3) is 0.217. The van der Waals surface area contributed by atoms with Crippen LogP contribution in [0.2, 0.25) is 0 Å². The Labute approximate surface area is 160 Å². The van der Waals surface area contributed by atoms with Gasteiger partial charge in [0.15, 0.2) is 0 Å².